The van der Waals surface area contributed by atoms with Gasteiger partial charge >= 0.3 is 5.97 Å². The number of carbonyl (C=O) groups is 2. The van der Waals surface area contributed by atoms with Gasteiger partial charge in [0.25, 0.3) is 0 Å². The monoisotopic (exact) mass is 448 g/mol. The molecule has 3 rings (SSSR count). The molecule has 3 aromatic rings. The molecule has 1 heterocycles. The van der Waals surface area contributed by atoms with Crippen LogP contribution in [-0.4, -0.2) is 31.9 Å². The van der Waals surface area contributed by atoms with Crippen LogP contribution in [0.4, 0.5) is 0 Å². The Morgan fingerprint density at radius 3 is 2.33 bits per heavy atom. The third-order valence-electron chi connectivity index (χ3n) is 5.20. The van der Waals surface area contributed by atoms with Crippen LogP contribution in [0.5, 0.6) is 11.5 Å². The molecule has 2 aromatic carbocycles. The van der Waals surface area contributed by atoms with Gasteiger partial charge in [-0.25, -0.2) is 4.79 Å². The number of aryl methyl sites for hydroxylation is 1. The number of aromatic nitrogens is 2. The molecule has 1 aromatic heterocycles. The lowest BCUT2D eigenvalue weighted by atomic mass is 9.87. The molecule has 33 heavy (non-hydrogen) atoms. The summed E-state index contributed by atoms with van der Waals surface area (Å²) in [4.78, 5) is 32.4. The van der Waals surface area contributed by atoms with Crippen molar-refractivity contribution in [3.05, 3.63) is 70.7 Å². The molecule has 0 spiro atoms. The number of phenols is 1. The molecule has 7 nitrogen and oxygen atoms in total. The lowest BCUT2D eigenvalue weighted by molar-refractivity contribution is 0.0696. The first-order chi connectivity index (χ1) is 15.5. The second-order valence-corrected chi connectivity index (χ2v) is 9.26. The van der Waals surface area contributed by atoms with Crippen LogP contribution in [0.1, 0.15) is 64.7 Å². The number of nitrogens with zero attached hydrogens (tertiary/aromatic N) is 2. The minimum atomic E-state index is -0.976. The Morgan fingerprint density at radius 2 is 1.76 bits per heavy atom. The number of aromatic hydroxyl groups is 1. The molecular formula is C26H28N2O5. The van der Waals surface area contributed by atoms with E-state index < -0.39 is 5.97 Å². The zero-order valence-electron chi connectivity index (χ0n) is 19.5. The molecule has 0 aliphatic carbocycles. The Hall–Kier alpha value is -3.74. The van der Waals surface area contributed by atoms with Gasteiger partial charge < -0.3 is 14.9 Å². The van der Waals surface area contributed by atoms with E-state index in [1.54, 1.807) is 43.6 Å². The number of aromatic carboxylic acids is 1. The number of rotatable bonds is 7. The van der Waals surface area contributed by atoms with Gasteiger partial charge in [-0.2, -0.15) is 0 Å². The number of benzene rings is 2. The van der Waals surface area contributed by atoms with Gasteiger partial charge in [0.2, 0.25) is 0 Å². The van der Waals surface area contributed by atoms with Gasteiger partial charge in [0, 0.05) is 17.5 Å². The molecule has 0 saturated carbocycles. The Morgan fingerprint density at radius 1 is 1.03 bits per heavy atom. The quantitative estimate of drug-likeness (QED) is 0.468. The molecule has 0 saturated heterocycles. The minimum Gasteiger partial charge on any atom is -0.507 e. The summed E-state index contributed by atoms with van der Waals surface area (Å²) in [6, 6.07) is 8.12. The van der Waals surface area contributed by atoms with Crippen LogP contribution in [0.3, 0.4) is 0 Å². The fourth-order valence-corrected chi connectivity index (χ4v) is 3.44. The molecule has 172 valence electrons. The maximum absolute atomic E-state index is 12.5. The number of carboxylic acids is 1. The van der Waals surface area contributed by atoms with Gasteiger partial charge in [-0.15, -0.1) is 0 Å². The standard InChI is InChI=1S/C26H28N2O5/c1-15-10-17(25(31)32)6-7-19(15)21-13-27-18(12-28-21)14-33-23-9-8-20(24(30)16(23)2)22(29)11-26(3,4)5/h6-10,12-13,30H,11,14H2,1-5H3,(H,31,32). The summed E-state index contributed by atoms with van der Waals surface area (Å²) in [5.41, 5.74) is 3.65. The second-order valence-electron chi connectivity index (χ2n) is 9.26. The van der Waals surface area contributed by atoms with Crippen LogP contribution in [0.15, 0.2) is 42.7 Å². The number of hydrogen-bond donors (Lipinski definition) is 2. The molecule has 0 aliphatic heterocycles. The van der Waals surface area contributed by atoms with Crippen molar-refractivity contribution in [2.24, 2.45) is 5.41 Å². The van der Waals surface area contributed by atoms with Crippen molar-refractivity contribution in [1.29, 1.82) is 0 Å². The van der Waals surface area contributed by atoms with Crippen LogP contribution in [0.2, 0.25) is 0 Å². The van der Waals surface area contributed by atoms with Crippen molar-refractivity contribution >= 4 is 11.8 Å². The first-order valence-corrected chi connectivity index (χ1v) is 10.6. The maximum Gasteiger partial charge on any atom is 0.335 e. The highest BCUT2D eigenvalue weighted by molar-refractivity contribution is 5.99. The average Bonchev–Trinajstić information content (AvgIpc) is 2.74. The molecular weight excluding hydrogens is 420 g/mol. The smallest absolute Gasteiger partial charge is 0.335 e. The fraction of sp³-hybridized carbons (Fsp3) is 0.308. The van der Waals surface area contributed by atoms with E-state index in [-0.39, 0.29) is 29.1 Å². The van der Waals surface area contributed by atoms with E-state index in [0.717, 1.165) is 11.1 Å². The van der Waals surface area contributed by atoms with E-state index >= 15 is 0 Å². The van der Waals surface area contributed by atoms with E-state index in [2.05, 4.69) is 9.97 Å². The summed E-state index contributed by atoms with van der Waals surface area (Å²) >= 11 is 0. The maximum atomic E-state index is 12.5. The number of Topliss-reactive ketones (excluding diaryl/α,β-unsaturated/α-hetero) is 1. The van der Waals surface area contributed by atoms with Crippen LogP contribution in [0.25, 0.3) is 11.3 Å². The molecule has 7 heteroatoms. The first-order valence-electron chi connectivity index (χ1n) is 10.6. The van der Waals surface area contributed by atoms with Crippen LogP contribution >= 0.6 is 0 Å². The van der Waals surface area contributed by atoms with Crippen LogP contribution in [-0.2, 0) is 6.61 Å². The fourth-order valence-electron chi connectivity index (χ4n) is 3.44. The van der Waals surface area contributed by atoms with E-state index in [0.29, 0.717) is 34.7 Å². The van der Waals surface area contributed by atoms with Gasteiger partial charge in [-0.05, 0) is 49.1 Å². The number of ether oxygens (including phenoxy) is 1. The largest absolute Gasteiger partial charge is 0.507 e. The predicted octanol–water partition coefficient (Wildman–Crippen LogP) is 5.36. The van der Waals surface area contributed by atoms with E-state index in [9.17, 15) is 14.7 Å². The van der Waals surface area contributed by atoms with Gasteiger partial charge in [-0.1, -0.05) is 26.8 Å². The van der Waals surface area contributed by atoms with Gasteiger partial charge in [-0.3, -0.25) is 14.8 Å². The predicted molar refractivity (Wildman–Crippen MR) is 125 cm³/mol. The van der Waals surface area contributed by atoms with Crippen molar-refractivity contribution in [3.63, 3.8) is 0 Å². The number of phenolic OH excluding ortho intramolecular Hbond substituents is 1. The summed E-state index contributed by atoms with van der Waals surface area (Å²) in [5.74, 6) is -0.687. The van der Waals surface area contributed by atoms with E-state index in [1.165, 1.54) is 6.07 Å². The zero-order chi connectivity index (χ0) is 24.3. The van der Waals surface area contributed by atoms with Crippen molar-refractivity contribution in [3.8, 4) is 22.8 Å². The van der Waals surface area contributed by atoms with Crippen molar-refractivity contribution in [2.45, 2.75) is 47.6 Å². The Kier molecular flexibility index (Phi) is 6.81. The topological polar surface area (TPSA) is 110 Å². The third-order valence-corrected chi connectivity index (χ3v) is 5.20. The van der Waals surface area contributed by atoms with E-state index in [4.69, 9.17) is 9.84 Å². The van der Waals surface area contributed by atoms with Gasteiger partial charge in [0.15, 0.2) is 5.78 Å². The molecule has 2 N–H and O–H groups in total. The Labute approximate surface area is 193 Å². The number of ketones is 1. The Balaban J connectivity index is 1.71. The second kappa shape index (κ2) is 9.40. The lowest BCUT2D eigenvalue weighted by Crippen LogP contribution is -2.13. The lowest BCUT2D eigenvalue weighted by Gasteiger charge is -2.18. The summed E-state index contributed by atoms with van der Waals surface area (Å²) in [6.45, 7) is 9.60. The van der Waals surface area contributed by atoms with Crippen molar-refractivity contribution < 1.29 is 24.5 Å². The summed E-state index contributed by atoms with van der Waals surface area (Å²) in [7, 11) is 0. The van der Waals surface area contributed by atoms with Crippen LogP contribution < -0.4 is 4.74 Å². The molecule has 0 atom stereocenters. The van der Waals surface area contributed by atoms with Crippen LogP contribution in [0, 0.1) is 19.3 Å². The molecule has 0 aliphatic rings. The SMILES string of the molecule is Cc1cc(C(=O)O)ccc1-c1cnc(COc2ccc(C(=O)CC(C)(C)C)c(O)c2C)cn1. The molecule has 0 bridgehead atoms. The highest BCUT2D eigenvalue weighted by atomic mass is 16.5. The summed E-state index contributed by atoms with van der Waals surface area (Å²) in [5, 5.41) is 19.6. The molecule has 0 amide bonds. The molecule has 0 radical (unpaired) electrons. The third kappa shape index (κ3) is 5.74. The summed E-state index contributed by atoms with van der Waals surface area (Å²) in [6.07, 6.45) is 3.54. The first kappa shape index (κ1) is 23.9. The minimum absolute atomic E-state index is 0.0662. The zero-order valence-corrected chi connectivity index (χ0v) is 19.5. The molecule has 0 fully saturated rings. The van der Waals surface area contributed by atoms with Gasteiger partial charge in [0.1, 0.15) is 18.1 Å². The number of carboxylic acid groups (broad SMARTS) is 1. The average molecular weight is 449 g/mol. The highest BCUT2D eigenvalue weighted by Crippen LogP contribution is 2.33. The van der Waals surface area contributed by atoms with Gasteiger partial charge in [0.05, 0.1) is 34.9 Å². The highest BCUT2D eigenvalue weighted by Gasteiger charge is 2.21. The van der Waals surface area contributed by atoms with Crippen molar-refractivity contribution in [1.82, 2.24) is 9.97 Å². The normalized spacial score (nSPS) is 11.3. The summed E-state index contributed by atoms with van der Waals surface area (Å²) < 4.78 is 5.81. The number of carbonyl (C=O) groups excluding carboxylic acids is 1. The molecule has 0 unspecified atom stereocenters. The Bertz CT molecular complexity index is 1190. The van der Waals surface area contributed by atoms with E-state index in [1.807, 2.05) is 27.7 Å². The number of hydrogen-bond acceptors (Lipinski definition) is 6. The van der Waals surface area contributed by atoms with Crippen molar-refractivity contribution in [2.75, 3.05) is 0 Å².